The van der Waals surface area contributed by atoms with E-state index in [9.17, 15) is 9.59 Å². The first-order valence-corrected chi connectivity index (χ1v) is 9.18. The summed E-state index contributed by atoms with van der Waals surface area (Å²) in [5, 5.41) is 2.85. The molecule has 1 N–H and O–H groups in total. The zero-order valence-electron chi connectivity index (χ0n) is 15.5. The molecule has 6 nitrogen and oxygen atoms in total. The van der Waals surface area contributed by atoms with Crippen LogP contribution in [0.2, 0.25) is 0 Å². The Morgan fingerprint density at radius 1 is 1.07 bits per heavy atom. The number of nitrogens with zero attached hydrogens (tertiary/aromatic N) is 3. The Bertz CT molecular complexity index is 1020. The highest BCUT2D eigenvalue weighted by Gasteiger charge is 2.27. The minimum absolute atomic E-state index is 0.00805. The van der Waals surface area contributed by atoms with E-state index >= 15 is 0 Å². The highest BCUT2D eigenvalue weighted by molar-refractivity contribution is 6.02. The monoisotopic (exact) mass is 362 g/mol. The summed E-state index contributed by atoms with van der Waals surface area (Å²) in [6.07, 6.45) is 2.59. The molecule has 0 fully saturated rings. The number of nitrogens with one attached hydrogen (secondary N) is 1. The molecule has 2 aromatic heterocycles. The number of aromatic nitrogens is 2. The lowest BCUT2D eigenvalue weighted by Crippen LogP contribution is -2.36. The van der Waals surface area contributed by atoms with Crippen LogP contribution in [-0.2, 0) is 13.0 Å². The SMILES string of the molecule is CC(C)NC(=O)c1nc(C(=O)N2CCc3ccccc3C2)c2ccccn12. The van der Waals surface area contributed by atoms with Gasteiger partial charge in [0.05, 0.1) is 5.52 Å². The number of hydrogen-bond acceptors (Lipinski definition) is 3. The number of carbonyl (C=O) groups excluding carboxylic acids is 2. The van der Waals surface area contributed by atoms with E-state index in [-0.39, 0.29) is 23.7 Å². The molecule has 0 unspecified atom stereocenters. The quantitative estimate of drug-likeness (QED) is 0.779. The fourth-order valence-corrected chi connectivity index (χ4v) is 3.50. The van der Waals surface area contributed by atoms with Gasteiger partial charge in [0.15, 0.2) is 5.69 Å². The maximum absolute atomic E-state index is 13.2. The number of imidazole rings is 1. The maximum Gasteiger partial charge on any atom is 0.287 e. The van der Waals surface area contributed by atoms with Crippen molar-refractivity contribution in [1.82, 2.24) is 19.6 Å². The highest BCUT2D eigenvalue weighted by Crippen LogP contribution is 2.22. The summed E-state index contributed by atoms with van der Waals surface area (Å²) in [5.41, 5.74) is 3.42. The Hall–Kier alpha value is -3.15. The summed E-state index contributed by atoms with van der Waals surface area (Å²) < 4.78 is 1.68. The highest BCUT2D eigenvalue weighted by atomic mass is 16.2. The summed E-state index contributed by atoms with van der Waals surface area (Å²) in [4.78, 5) is 32.0. The third-order valence-corrected chi connectivity index (χ3v) is 4.79. The van der Waals surface area contributed by atoms with E-state index in [2.05, 4.69) is 22.4 Å². The van der Waals surface area contributed by atoms with Gasteiger partial charge in [-0.15, -0.1) is 0 Å². The van der Waals surface area contributed by atoms with Gasteiger partial charge in [0.2, 0.25) is 5.82 Å². The van der Waals surface area contributed by atoms with Gasteiger partial charge < -0.3 is 10.2 Å². The normalized spacial score (nSPS) is 13.7. The molecule has 27 heavy (non-hydrogen) atoms. The molecule has 0 aliphatic carbocycles. The lowest BCUT2D eigenvalue weighted by atomic mass is 10.00. The first-order valence-electron chi connectivity index (χ1n) is 9.18. The number of fused-ring (bicyclic) bond motifs is 2. The van der Waals surface area contributed by atoms with Crippen molar-refractivity contribution >= 4 is 17.3 Å². The van der Waals surface area contributed by atoms with E-state index in [1.807, 2.05) is 49.1 Å². The Morgan fingerprint density at radius 3 is 2.59 bits per heavy atom. The molecule has 3 aromatic rings. The van der Waals surface area contributed by atoms with E-state index in [4.69, 9.17) is 0 Å². The number of amides is 2. The second kappa shape index (κ2) is 6.87. The molecule has 4 rings (SSSR count). The van der Waals surface area contributed by atoms with Crippen LogP contribution in [0.3, 0.4) is 0 Å². The standard InChI is InChI=1S/C21H22N4O2/c1-14(2)22-20(26)19-23-18(17-9-5-6-11-25(17)19)21(27)24-12-10-15-7-3-4-8-16(15)13-24/h3-9,11,14H,10,12-13H2,1-2H3,(H,22,26). The fraction of sp³-hybridized carbons (Fsp3) is 0.286. The molecule has 3 heterocycles. The Morgan fingerprint density at radius 2 is 1.81 bits per heavy atom. The second-order valence-corrected chi connectivity index (χ2v) is 7.11. The van der Waals surface area contributed by atoms with Gasteiger partial charge in [-0.3, -0.25) is 14.0 Å². The predicted octanol–water partition coefficient (Wildman–Crippen LogP) is 2.67. The van der Waals surface area contributed by atoms with Gasteiger partial charge in [0.1, 0.15) is 0 Å². The van der Waals surface area contributed by atoms with E-state index in [1.54, 1.807) is 10.6 Å². The van der Waals surface area contributed by atoms with Gasteiger partial charge in [0, 0.05) is 25.3 Å². The molecular formula is C21H22N4O2. The van der Waals surface area contributed by atoms with Crippen molar-refractivity contribution in [3.05, 3.63) is 71.3 Å². The van der Waals surface area contributed by atoms with Gasteiger partial charge in [-0.05, 0) is 43.5 Å². The smallest absolute Gasteiger partial charge is 0.287 e. The first kappa shape index (κ1) is 17.3. The van der Waals surface area contributed by atoms with Crippen molar-refractivity contribution in [2.75, 3.05) is 6.54 Å². The van der Waals surface area contributed by atoms with Crippen LogP contribution in [0.15, 0.2) is 48.7 Å². The molecule has 1 aliphatic heterocycles. The molecule has 0 saturated carbocycles. The average molecular weight is 362 g/mol. The van der Waals surface area contributed by atoms with Crippen molar-refractivity contribution in [1.29, 1.82) is 0 Å². The maximum atomic E-state index is 13.2. The van der Waals surface area contributed by atoms with E-state index in [0.717, 1.165) is 6.42 Å². The van der Waals surface area contributed by atoms with Crippen LogP contribution in [0.5, 0.6) is 0 Å². The van der Waals surface area contributed by atoms with Crippen LogP contribution in [0.1, 0.15) is 46.1 Å². The van der Waals surface area contributed by atoms with Crippen LogP contribution in [0.4, 0.5) is 0 Å². The second-order valence-electron chi connectivity index (χ2n) is 7.11. The van der Waals surface area contributed by atoms with Gasteiger partial charge in [-0.2, -0.15) is 0 Å². The van der Waals surface area contributed by atoms with Crippen molar-refractivity contribution in [3.8, 4) is 0 Å². The summed E-state index contributed by atoms with van der Waals surface area (Å²) >= 11 is 0. The molecule has 1 aromatic carbocycles. The first-order chi connectivity index (χ1) is 13.0. The lowest BCUT2D eigenvalue weighted by molar-refractivity contribution is 0.0731. The Labute approximate surface area is 157 Å². The Kier molecular flexibility index (Phi) is 4.39. The van der Waals surface area contributed by atoms with Crippen molar-refractivity contribution < 1.29 is 9.59 Å². The minimum Gasteiger partial charge on any atom is -0.347 e. The topological polar surface area (TPSA) is 66.7 Å². The third kappa shape index (κ3) is 3.18. The van der Waals surface area contributed by atoms with Crippen molar-refractivity contribution in [2.24, 2.45) is 0 Å². The number of hydrogen-bond donors (Lipinski definition) is 1. The zero-order valence-corrected chi connectivity index (χ0v) is 15.5. The third-order valence-electron chi connectivity index (χ3n) is 4.79. The molecule has 0 spiro atoms. The van der Waals surface area contributed by atoms with Gasteiger partial charge >= 0.3 is 0 Å². The number of rotatable bonds is 3. The van der Waals surface area contributed by atoms with Crippen LogP contribution in [0.25, 0.3) is 5.52 Å². The van der Waals surface area contributed by atoms with E-state index in [1.165, 1.54) is 11.1 Å². The van der Waals surface area contributed by atoms with Crippen LogP contribution in [-0.4, -0.2) is 38.7 Å². The summed E-state index contributed by atoms with van der Waals surface area (Å²) in [5.74, 6) is -0.189. The molecule has 0 radical (unpaired) electrons. The van der Waals surface area contributed by atoms with Gasteiger partial charge in [-0.25, -0.2) is 4.98 Å². The average Bonchev–Trinajstić information content (AvgIpc) is 3.06. The largest absolute Gasteiger partial charge is 0.347 e. The van der Waals surface area contributed by atoms with Gasteiger partial charge in [-0.1, -0.05) is 30.3 Å². The summed E-state index contributed by atoms with van der Waals surface area (Å²) in [7, 11) is 0. The number of pyridine rings is 1. The molecule has 2 amide bonds. The van der Waals surface area contributed by atoms with Crippen molar-refractivity contribution in [3.63, 3.8) is 0 Å². The zero-order chi connectivity index (χ0) is 19.0. The molecule has 1 aliphatic rings. The Balaban J connectivity index is 1.70. The van der Waals surface area contributed by atoms with E-state index < -0.39 is 0 Å². The fourth-order valence-electron chi connectivity index (χ4n) is 3.50. The molecule has 6 heteroatoms. The number of benzene rings is 1. The molecular weight excluding hydrogens is 340 g/mol. The molecule has 0 bridgehead atoms. The lowest BCUT2D eigenvalue weighted by Gasteiger charge is -2.28. The number of carbonyl (C=O) groups is 2. The molecule has 0 atom stereocenters. The summed E-state index contributed by atoms with van der Waals surface area (Å²) in [6, 6.07) is 13.7. The van der Waals surface area contributed by atoms with Crippen LogP contribution < -0.4 is 5.32 Å². The summed E-state index contributed by atoms with van der Waals surface area (Å²) in [6.45, 7) is 5.00. The van der Waals surface area contributed by atoms with Crippen LogP contribution in [0, 0.1) is 0 Å². The minimum atomic E-state index is -0.283. The predicted molar refractivity (Wildman–Crippen MR) is 103 cm³/mol. The van der Waals surface area contributed by atoms with Crippen molar-refractivity contribution in [2.45, 2.75) is 32.9 Å². The van der Waals surface area contributed by atoms with Gasteiger partial charge in [0.25, 0.3) is 11.8 Å². The van der Waals surface area contributed by atoms with E-state index in [0.29, 0.717) is 24.3 Å². The molecule has 0 saturated heterocycles. The van der Waals surface area contributed by atoms with Crippen LogP contribution >= 0.6 is 0 Å². The molecule has 138 valence electrons.